The molecule has 1 saturated heterocycles. The summed E-state index contributed by atoms with van der Waals surface area (Å²) in [6.07, 6.45) is 8.32. The molecule has 6 nitrogen and oxygen atoms in total. The van der Waals surface area contributed by atoms with Gasteiger partial charge in [-0.1, -0.05) is 17.7 Å². The molecule has 4 bridgehead atoms. The van der Waals surface area contributed by atoms with Crippen LogP contribution in [0.5, 0.6) is 17.2 Å². The van der Waals surface area contributed by atoms with Gasteiger partial charge in [-0.05, 0) is 46.3 Å². The van der Waals surface area contributed by atoms with Crippen molar-refractivity contribution in [1.82, 2.24) is 0 Å². The van der Waals surface area contributed by atoms with E-state index >= 15 is 0 Å². The minimum atomic E-state index is -1.24. The van der Waals surface area contributed by atoms with Crippen molar-refractivity contribution in [2.45, 2.75) is 57.3 Å². The third-order valence-electron chi connectivity index (χ3n) is 7.58. The van der Waals surface area contributed by atoms with Crippen molar-refractivity contribution in [3.63, 3.8) is 0 Å². The number of hydrogen-bond donors (Lipinski definition) is 1. The summed E-state index contributed by atoms with van der Waals surface area (Å²) in [6, 6.07) is 1.68. The first-order valence-electron chi connectivity index (χ1n) is 11.2. The molecule has 166 valence electrons. The zero-order valence-electron chi connectivity index (χ0n) is 18.7. The number of allylic oxidation sites excluding steroid dienone is 2. The van der Waals surface area contributed by atoms with E-state index in [2.05, 4.69) is 0 Å². The lowest BCUT2D eigenvalue weighted by Crippen LogP contribution is -2.71. The van der Waals surface area contributed by atoms with Gasteiger partial charge in [0.15, 0.2) is 22.8 Å². The summed E-state index contributed by atoms with van der Waals surface area (Å²) in [5.41, 5.74) is -0.865. The maximum atomic E-state index is 13.8. The minimum absolute atomic E-state index is 0.0220. The second-order valence-electron chi connectivity index (χ2n) is 10.3. The van der Waals surface area contributed by atoms with Gasteiger partial charge in [0.2, 0.25) is 0 Å². The van der Waals surface area contributed by atoms with Crippen LogP contribution in [0.1, 0.15) is 56.5 Å². The van der Waals surface area contributed by atoms with E-state index in [4.69, 9.17) is 14.2 Å². The molecular formula is C26H26O6. The van der Waals surface area contributed by atoms with Crippen LogP contribution in [-0.4, -0.2) is 40.1 Å². The van der Waals surface area contributed by atoms with Crippen LogP contribution in [0.4, 0.5) is 0 Å². The highest BCUT2D eigenvalue weighted by Gasteiger charge is 2.77. The maximum absolute atomic E-state index is 13.8. The van der Waals surface area contributed by atoms with Gasteiger partial charge >= 0.3 is 0 Å². The Morgan fingerprint density at radius 2 is 2.00 bits per heavy atom. The maximum Gasteiger partial charge on any atom is 0.200 e. The molecule has 1 N–H and O–H groups in total. The Labute approximate surface area is 186 Å². The second-order valence-corrected chi connectivity index (χ2v) is 10.3. The van der Waals surface area contributed by atoms with E-state index < -0.39 is 16.8 Å². The van der Waals surface area contributed by atoms with E-state index in [-0.39, 0.29) is 40.5 Å². The number of carbonyl (C=O) groups is 2. The average molecular weight is 434 g/mol. The number of phenolic OH excluding ortho intramolecular Hbond substituents is 1. The molecule has 3 heterocycles. The molecule has 6 aliphatic rings. The number of rotatable bonds is 2. The molecule has 3 aliphatic heterocycles. The fraction of sp³-hybridized carbons (Fsp3) is 0.462. The molecule has 1 aromatic carbocycles. The van der Waals surface area contributed by atoms with E-state index in [9.17, 15) is 14.7 Å². The Balaban J connectivity index is 1.58. The molecule has 0 amide bonds. The summed E-state index contributed by atoms with van der Waals surface area (Å²) >= 11 is 0. The van der Waals surface area contributed by atoms with Gasteiger partial charge in [0.05, 0.1) is 12.2 Å². The van der Waals surface area contributed by atoms with Crippen LogP contribution < -0.4 is 9.47 Å². The molecule has 0 radical (unpaired) electrons. The fourth-order valence-electron chi connectivity index (χ4n) is 6.12. The van der Waals surface area contributed by atoms with Crippen LogP contribution in [0.3, 0.4) is 0 Å². The number of Topliss-reactive ketones (excluding diaryl/α,β-unsaturated/α-hetero) is 2. The molecule has 2 fully saturated rings. The monoisotopic (exact) mass is 434 g/mol. The standard InChI is InChI=1S/C26H26O6/c1-13(2)5-8-25-23(29)14-9-15(12-30-25)26(25)17(10-14)22(28)20-19(32-26)11-18-16(21(20)27)6-7-24(3,4)31-18/h5-7,10-11,14-15,27H,8-9,12H2,1-4H3/t14-,15-,25?,26-/m0/s1. The lowest BCUT2D eigenvalue weighted by Gasteiger charge is -2.55. The van der Waals surface area contributed by atoms with Gasteiger partial charge in [0.25, 0.3) is 0 Å². The number of ether oxygens (including phenoxy) is 3. The second kappa shape index (κ2) is 5.93. The lowest BCUT2D eigenvalue weighted by molar-refractivity contribution is -0.165. The number of carbonyl (C=O) groups excluding carboxylic acids is 2. The van der Waals surface area contributed by atoms with Crippen molar-refractivity contribution in [3.8, 4) is 17.2 Å². The fourth-order valence-corrected chi connectivity index (χ4v) is 6.12. The molecule has 1 unspecified atom stereocenters. The minimum Gasteiger partial charge on any atom is -0.506 e. The number of phenols is 1. The van der Waals surface area contributed by atoms with Crippen LogP contribution in [0, 0.1) is 11.8 Å². The Bertz CT molecular complexity index is 1200. The predicted molar refractivity (Wildman–Crippen MR) is 117 cm³/mol. The Morgan fingerprint density at radius 1 is 1.22 bits per heavy atom. The Hall–Kier alpha value is -2.86. The average Bonchev–Trinajstić information content (AvgIpc) is 2.96. The number of aromatic hydroxyl groups is 1. The van der Waals surface area contributed by atoms with Crippen molar-refractivity contribution in [1.29, 1.82) is 0 Å². The van der Waals surface area contributed by atoms with E-state index in [1.807, 2.05) is 39.8 Å². The third-order valence-corrected chi connectivity index (χ3v) is 7.58. The van der Waals surface area contributed by atoms with Gasteiger partial charge in [-0.15, -0.1) is 0 Å². The largest absolute Gasteiger partial charge is 0.506 e. The molecule has 32 heavy (non-hydrogen) atoms. The first-order chi connectivity index (χ1) is 15.1. The van der Waals surface area contributed by atoms with Gasteiger partial charge in [-0.2, -0.15) is 0 Å². The number of ketones is 2. The van der Waals surface area contributed by atoms with Crippen molar-refractivity contribution >= 4 is 17.6 Å². The van der Waals surface area contributed by atoms with E-state index in [0.29, 0.717) is 36.3 Å². The topological polar surface area (TPSA) is 82.1 Å². The summed E-state index contributed by atoms with van der Waals surface area (Å²) in [5.74, 6) is -0.242. The van der Waals surface area contributed by atoms with Gasteiger partial charge in [0, 0.05) is 29.9 Å². The van der Waals surface area contributed by atoms with Gasteiger partial charge < -0.3 is 19.3 Å². The Kier molecular flexibility index (Phi) is 3.67. The summed E-state index contributed by atoms with van der Waals surface area (Å²) in [5, 5.41) is 11.1. The summed E-state index contributed by atoms with van der Waals surface area (Å²) < 4.78 is 19.0. The molecular weight excluding hydrogens is 408 g/mol. The van der Waals surface area contributed by atoms with Gasteiger partial charge in [-0.3, -0.25) is 9.59 Å². The van der Waals surface area contributed by atoms with Crippen LogP contribution in [0.15, 0.2) is 35.4 Å². The summed E-state index contributed by atoms with van der Waals surface area (Å²) in [6.45, 7) is 8.14. The zero-order valence-corrected chi connectivity index (χ0v) is 18.7. The molecule has 1 saturated carbocycles. The molecule has 4 atom stereocenters. The van der Waals surface area contributed by atoms with Crippen molar-refractivity contribution in [2.24, 2.45) is 11.8 Å². The zero-order chi connectivity index (χ0) is 22.6. The van der Waals surface area contributed by atoms with Crippen LogP contribution >= 0.6 is 0 Å². The van der Waals surface area contributed by atoms with Crippen molar-refractivity contribution < 1.29 is 28.9 Å². The number of hydrogen-bond acceptors (Lipinski definition) is 6. The highest BCUT2D eigenvalue weighted by atomic mass is 16.6. The normalized spacial score (nSPS) is 34.7. The molecule has 1 spiro atoms. The van der Waals surface area contributed by atoms with Gasteiger partial charge in [-0.25, -0.2) is 0 Å². The third kappa shape index (κ3) is 2.18. The quantitative estimate of drug-likeness (QED) is 0.704. The van der Waals surface area contributed by atoms with Crippen molar-refractivity contribution in [2.75, 3.05) is 6.61 Å². The first kappa shape index (κ1) is 19.8. The van der Waals surface area contributed by atoms with Crippen LogP contribution in [-0.2, 0) is 9.53 Å². The van der Waals surface area contributed by atoms with Crippen molar-refractivity contribution in [3.05, 3.63) is 46.6 Å². The molecule has 1 aromatic rings. The molecule has 3 aliphatic carbocycles. The number of benzene rings is 1. The van der Waals surface area contributed by atoms with E-state index in [1.54, 1.807) is 18.2 Å². The molecule has 7 rings (SSSR count). The highest BCUT2D eigenvalue weighted by Crippen LogP contribution is 2.64. The first-order valence-corrected chi connectivity index (χ1v) is 11.2. The van der Waals surface area contributed by atoms with Crippen LogP contribution in [0.25, 0.3) is 6.08 Å². The smallest absolute Gasteiger partial charge is 0.200 e. The molecule has 6 heteroatoms. The highest BCUT2D eigenvalue weighted by molar-refractivity contribution is 6.18. The summed E-state index contributed by atoms with van der Waals surface area (Å²) in [4.78, 5) is 27.4. The Morgan fingerprint density at radius 3 is 2.75 bits per heavy atom. The number of fused-ring (bicyclic) bond motifs is 2. The van der Waals surface area contributed by atoms with Crippen LogP contribution in [0.2, 0.25) is 0 Å². The SMILES string of the molecule is CC(C)=CCC12OC[C@@H]3C[C@@H](C=C4C(=O)c5c(cc6c(c5O)C=CC(C)(C)O6)O[C@]431)C2=O. The summed E-state index contributed by atoms with van der Waals surface area (Å²) in [7, 11) is 0. The molecule has 0 aromatic heterocycles. The lowest BCUT2D eigenvalue weighted by atomic mass is 9.53. The van der Waals surface area contributed by atoms with E-state index in [1.165, 1.54) is 0 Å². The predicted octanol–water partition coefficient (Wildman–Crippen LogP) is 4.16. The van der Waals surface area contributed by atoms with Gasteiger partial charge in [0.1, 0.15) is 28.4 Å². The van der Waals surface area contributed by atoms with E-state index in [0.717, 1.165) is 5.57 Å².